The third-order valence-electron chi connectivity index (χ3n) is 2.30. The van der Waals surface area contributed by atoms with Gasteiger partial charge in [-0.2, -0.15) is 13.2 Å². The van der Waals surface area contributed by atoms with Crippen molar-refractivity contribution < 1.29 is 31.1 Å². The minimum Gasteiger partial charge on any atom is -0.469 e. The molecule has 0 aliphatic heterocycles. The molecular weight excluding hydrogens is 251 g/mol. The monoisotopic (exact) mass is 261 g/mol. The number of carbonyl (C=O) groups is 1. The lowest BCUT2D eigenvalue weighted by atomic mass is 9.81. The highest BCUT2D eigenvalue weighted by molar-refractivity contribution is 7.90. The molecule has 1 fully saturated rings. The molecule has 0 amide bonds. The third-order valence-corrected chi connectivity index (χ3v) is 3.55. The Kier molecular flexibility index (Phi) is 3.48. The van der Waals surface area contributed by atoms with Gasteiger partial charge in [0.15, 0.2) is 0 Å². The van der Waals surface area contributed by atoms with Crippen molar-refractivity contribution in [1.82, 2.24) is 4.72 Å². The van der Waals surface area contributed by atoms with E-state index in [2.05, 4.69) is 4.74 Å². The number of nitrogens with one attached hydrogen (secondary N) is 1. The van der Waals surface area contributed by atoms with E-state index in [0.29, 0.717) is 0 Å². The zero-order valence-corrected chi connectivity index (χ0v) is 9.06. The zero-order valence-electron chi connectivity index (χ0n) is 8.24. The van der Waals surface area contributed by atoms with E-state index in [1.807, 2.05) is 0 Å². The van der Waals surface area contributed by atoms with Gasteiger partial charge in [-0.25, -0.2) is 13.1 Å². The van der Waals surface area contributed by atoms with Gasteiger partial charge < -0.3 is 4.74 Å². The molecule has 5 nitrogen and oxygen atoms in total. The highest BCUT2D eigenvalue weighted by atomic mass is 32.2. The van der Waals surface area contributed by atoms with Crippen LogP contribution in [0.4, 0.5) is 13.2 Å². The average Bonchev–Trinajstić information content (AvgIpc) is 2.07. The van der Waals surface area contributed by atoms with E-state index in [1.165, 1.54) is 4.72 Å². The average molecular weight is 261 g/mol. The summed E-state index contributed by atoms with van der Waals surface area (Å²) in [6.07, 6.45) is 0.0595. The SMILES string of the molecule is COC(=O)C1CC(NS(=O)(=O)C(F)(F)F)C1. The van der Waals surface area contributed by atoms with Crippen LogP contribution in [0.3, 0.4) is 0 Å². The molecule has 0 unspecified atom stereocenters. The number of carbonyl (C=O) groups excluding carboxylic acids is 1. The van der Waals surface area contributed by atoms with Crippen molar-refractivity contribution in [1.29, 1.82) is 0 Å². The number of esters is 1. The van der Waals surface area contributed by atoms with Gasteiger partial charge in [-0.05, 0) is 12.8 Å². The summed E-state index contributed by atoms with van der Waals surface area (Å²) in [6, 6.07) is -0.851. The lowest BCUT2D eigenvalue weighted by molar-refractivity contribution is -0.149. The molecule has 0 saturated heterocycles. The second-order valence-electron chi connectivity index (χ2n) is 3.46. The maximum absolute atomic E-state index is 11.9. The fraction of sp³-hybridized carbons (Fsp3) is 0.857. The molecule has 1 N–H and O–H groups in total. The Bertz CT molecular complexity index is 372. The van der Waals surface area contributed by atoms with Gasteiger partial charge in [0.1, 0.15) is 0 Å². The molecule has 1 aliphatic carbocycles. The van der Waals surface area contributed by atoms with E-state index < -0.39 is 33.5 Å². The van der Waals surface area contributed by atoms with Crippen LogP contribution in [0.2, 0.25) is 0 Å². The maximum atomic E-state index is 11.9. The summed E-state index contributed by atoms with van der Waals surface area (Å²) < 4.78 is 62.9. The zero-order chi connectivity index (χ0) is 12.6. The quantitative estimate of drug-likeness (QED) is 0.745. The molecule has 1 saturated carbocycles. The van der Waals surface area contributed by atoms with Crippen LogP contribution >= 0.6 is 0 Å². The van der Waals surface area contributed by atoms with Gasteiger partial charge in [0.05, 0.1) is 13.0 Å². The van der Waals surface area contributed by atoms with E-state index in [9.17, 15) is 26.4 Å². The molecule has 0 aromatic carbocycles. The van der Waals surface area contributed by atoms with Crippen molar-refractivity contribution >= 4 is 16.0 Å². The molecule has 0 spiro atoms. The van der Waals surface area contributed by atoms with Gasteiger partial charge in [-0.3, -0.25) is 4.79 Å². The van der Waals surface area contributed by atoms with Crippen LogP contribution in [-0.4, -0.2) is 33.0 Å². The molecule has 1 rings (SSSR count). The smallest absolute Gasteiger partial charge is 0.469 e. The van der Waals surface area contributed by atoms with Gasteiger partial charge in [0, 0.05) is 6.04 Å². The highest BCUT2D eigenvalue weighted by Crippen LogP contribution is 2.31. The molecular formula is C7H10F3NO4S. The van der Waals surface area contributed by atoms with Crippen molar-refractivity contribution in [2.45, 2.75) is 24.4 Å². The molecule has 0 aromatic rings. The number of hydrogen-bond acceptors (Lipinski definition) is 4. The van der Waals surface area contributed by atoms with Crippen molar-refractivity contribution in [3.8, 4) is 0 Å². The van der Waals surface area contributed by atoms with Crippen LogP contribution in [0.5, 0.6) is 0 Å². The molecule has 1 aliphatic rings. The molecule has 9 heteroatoms. The van der Waals surface area contributed by atoms with E-state index in [-0.39, 0.29) is 12.8 Å². The van der Waals surface area contributed by atoms with E-state index in [0.717, 1.165) is 7.11 Å². The first-order valence-corrected chi connectivity index (χ1v) is 5.82. The van der Waals surface area contributed by atoms with Crippen molar-refractivity contribution in [3.63, 3.8) is 0 Å². The summed E-state index contributed by atoms with van der Waals surface area (Å²) in [5.41, 5.74) is -5.32. The van der Waals surface area contributed by atoms with E-state index >= 15 is 0 Å². The second kappa shape index (κ2) is 4.21. The van der Waals surface area contributed by atoms with Gasteiger partial charge in [-0.1, -0.05) is 0 Å². The topological polar surface area (TPSA) is 72.5 Å². The lowest BCUT2D eigenvalue weighted by Crippen LogP contribution is -2.50. The molecule has 0 heterocycles. The summed E-state index contributed by atoms with van der Waals surface area (Å²) in [5, 5.41) is 0. The summed E-state index contributed by atoms with van der Waals surface area (Å²) >= 11 is 0. The Balaban J connectivity index is 2.47. The van der Waals surface area contributed by atoms with E-state index in [1.54, 1.807) is 0 Å². The summed E-state index contributed by atoms with van der Waals surface area (Å²) in [5.74, 6) is -1.06. The Labute approximate surface area is 90.0 Å². The third kappa shape index (κ3) is 2.64. The maximum Gasteiger partial charge on any atom is 0.511 e. The standard InChI is InChI=1S/C7H10F3NO4S/c1-15-6(12)4-2-5(3-4)11-16(13,14)7(8,9)10/h4-5,11H,2-3H2,1H3. The normalized spacial score (nSPS) is 26.0. The number of methoxy groups -OCH3 is 1. The van der Waals surface area contributed by atoms with Crippen LogP contribution in [0.1, 0.15) is 12.8 Å². The molecule has 16 heavy (non-hydrogen) atoms. The number of ether oxygens (including phenoxy) is 1. The largest absolute Gasteiger partial charge is 0.511 e. The van der Waals surface area contributed by atoms with Gasteiger partial charge in [0.25, 0.3) is 0 Å². The molecule has 0 atom stereocenters. The highest BCUT2D eigenvalue weighted by Gasteiger charge is 2.49. The van der Waals surface area contributed by atoms with Crippen LogP contribution in [0.25, 0.3) is 0 Å². The summed E-state index contributed by atoms with van der Waals surface area (Å²) in [6.45, 7) is 0. The fourth-order valence-corrected chi connectivity index (χ4v) is 2.12. The minimum atomic E-state index is -5.32. The second-order valence-corrected chi connectivity index (χ2v) is 5.16. The molecule has 0 aromatic heterocycles. The Morgan fingerprint density at radius 3 is 2.25 bits per heavy atom. The van der Waals surface area contributed by atoms with Crippen molar-refractivity contribution in [3.05, 3.63) is 0 Å². The molecule has 94 valence electrons. The number of hydrogen-bond donors (Lipinski definition) is 1. The predicted molar refractivity (Wildman–Crippen MR) is 46.6 cm³/mol. The van der Waals surface area contributed by atoms with Gasteiger partial charge in [0.2, 0.25) is 0 Å². The minimum absolute atomic E-state index is 0.0297. The number of sulfonamides is 1. The van der Waals surface area contributed by atoms with Crippen LogP contribution in [-0.2, 0) is 19.6 Å². The first kappa shape index (κ1) is 13.2. The fourth-order valence-electron chi connectivity index (χ4n) is 1.36. The van der Waals surface area contributed by atoms with Crippen LogP contribution in [0, 0.1) is 5.92 Å². The number of halogens is 3. The molecule has 0 bridgehead atoms. The van der Waals surface area contributed by atoms with Crippen LogP contribution in [0.15, 0.2) is 0 Å². The Morgan fingerprint density at radius 1 is 1.38 bits per heavy atom. The number of rotatable bonds is 3. The first-order valence-electron chi connectivity index (χ1n) is 4.34. The first-order chi connectivity index (χ1) is 7.17. The Morgan fingerprint density at radius 2 is 1.88 bits per heavy atom. The van der Waals surface area contributed by atoms with Gasteiger partial charge in [-0.15, -0.1) is 0 Å². The van der Waals surface area contributed by atoms with E-state index in [4.69, 9.17) is 0 Å². The molecule has 0 radical (unpaired) electrons. The Hall–Kier alpha value is -0.830. The predicted octanol–water partition coefficient (Wildman–Crippen LogP) is 0.377. The summed E-state index contributed by atoms with van der Waals surface area (Å²) in [4.78, 5) is 10.9. The lowest BCUT2D eigenvalue weighted by Gasteiger charge is -2.33. The van der Waals surface area contributed by atoms with Gasteiger partial charge >= 0.3 is 21.5 Å². The van der Waals surface area contributed by atoms with Crippen molar-refractivity contribution in [2.24, 2.45) is 5.92 Å². The van der Waals surface area contributed by atoms with Crippen LogP contribution < -0.4 is 4.72 Å². The number of alkyl halides is 3. The van der Waals surface area contributed by atoms with Crippen molar-refractivity contribution in [2.75, 3.05) is 7.11 Å². The summed E-state index contributed by atoms with van der Waals surface area (Å²) in [7, 11) is -4.15.